The molecular weight excluding hydrogens is 240 g/mol. The molecular formula is C14H22N4O. The molecule has 5 nitrogen and oxygen atoms in total. The monoisotopic (exact) mass is 262 g/mol. The second-order valence-electron chi connectivity index (χ2n) is 4.90. The molecule has 1 amide bonds. The van der Waals surface area contributed by atoms with E-state index in [9.17, 15) is 4.79 Å². The van der Waals surface area contributed by atoms with Gasteiger partial charge in [-0.25, -0.2) is 4.98 Å². The lowest BCUT2D eigenvalue weighted by Crippen LogP contribution is -2.34. The smallest absolute Gasteiger partial charge is 0.274 e. The summed E-state index contributed by atoms with van der Waals surface area (Å²) in [6, 6.07) is 0.420. The van der Waals surface area contributed by atoms with Crippen molar-refractivity contribution in [2.45, 2.75) is 45.6 Å². The average molecular weight is 262 g/mol. The number of aromatic nitrogens is 2. The van der Waals surface area contributed by atoms with Crippen LogP contribution in [0, 0.1) is 0 Å². The quantitative estimate of drug-likeness (QED) is 0.819. The van der Waals surface area contributed by atoms with Crippen LogP contribution >= 0.6 is 0 Å². The summed E-state index contributed by atoms with van der Waals surface area (Å²) in [5, 5.41) is 3.09. The molecule has 1 heterocycles. The predicted molar refractivity (Wildman–Crippen MR) is 75.2 cm³/mol. The van der Waals surface area contributed by atoms with Gasteiger partial charge < -0.3 is 10.2 Å². The van der Waals surface area contributed by atoms with Gasteiger partial charge in [0.1, 0.15) is 11.5 Å². The third-order valence-electron chi connectivity index (χ3n) is 3.21. The van der Waals surface area contributed by atoms with Gasteiger partial charge in [0, 0.05) is 19.1 Å². The number of unbranched alkanes of at least 4 members (excludes halogenated alkanes) is 1. The summed E-state index contributed by atoms with van der Waals surface area (Å²) < 4.78 is 0. The van der Waals surface area contributed by atoms with Crippen molar-refractivity contribution < 1.29 is 4.79 Å². The van der Waals surface area contributed by atoms with Gasteiger partial charge in [-0.2, -0.15) is 0 Å². The van der Waals surface area contributed by atoms with Gasteiger partial charge in [0.25, 0.3) is 5.91 Å². The van der Waals surface area contributed by atoms with Gasteiger partial charge in [0.05, 0.1) is 12.4 Å². The maximum Gasteiger partial charge on any atom is 0.274 e. The van der Waals surface area contributed by atoms with E-state index >= 15 is 0 Å². The number of amides is 1. The van der Waals surface area contributed by atoms with E-state index in [1.54, 1.807) is 12.4 Å². The van der Waals surface area contributed by atoms with Crippen LogP contribution in [-0.2, 0) is 0 Å². The third-order valence-corrected chi connectivity index (χ3v) is 3.21. The van der Waals surface area contributed by atoms with Crippen LogP contribution in [0.1, 0.15) is 50.0 Å². The fourth-order valence-corrected chi connectivity index (χ4v) is 2.05. The molecule has 1 aromatic rings. The van der Waals surface area contributed by atoms with Crippen LogP contribution in [0.2, 0.25) is 0 Å². The average Bonchev–Trinajstić information content (AvgIpc) is 3.24. The van der Waals surface area contributed by atoms with Gasteiger partial charge >= 0.3 is 0 Å². The third kappa shape index (κ3) is 3.66. The van der Waals surface area contributed by atoms with E-state index < -0.39 is 0 Å². The van der Waals surface area contributed by atoms with Crippen LogP contribution in [0.25, 0.3) is 0 Å². The van der Waals surface area contributed by atoms with E-state index in [1.807, 2.05) is 11.8 Å². The molecule has 1 fully saturated rings. The summed E-state index contributed by atoms with van der Waals surface area (Å²) in [7, 11) is 0. The lowest BCUT2D eigenvalue weighted by Gasteiger charge is -2.21. The maximum absolute atomic E-state index is 12.5. The van der Waals surface area contributed by atoms with Crippen LogP contribution in [0.3, 0.4) is 0 Å². The SMILES string of the molecule is CCCCN(C(=O)c1cncc(NCC)n1)C1CC1. The van der Waals surface area contributed by atoms with Crippen molar-refractivity contribution in [1.82, 2.24) is 14.9 Å². The highest BCUT2D eigenvalue weighted by molar-refractivity contribution is 5.92. The van der Waals surface area contributed by atoms with E-state index in [4.69, 9.17) is 0 Å². The molecule has 1 saturated carbocycles. The first-order chi connectivity index (χ1) is 9.26. The second kappa shape index (κ2) is 6.50. The molecule has 0 saturated heterocycles. The number of carbonyl (C=O) groups excluding carboxylic acids is 1. The zero-order valence-electron chi connectivity index (χ0n) is 11.7. The zero-order valence-corrected chi connectivity index (χ0v) is 11.7. The Bertz CT molecular complexity index is 431. The lowest BCUT2D eigenvalue weighted by molar-refractivity contribution is 0.0734. The molecule has 0 radical (unpaired) electrons. The number of nitrogens with one attached hydrogen (secondary N) is 1. The fourth-order valence-electron chi connectivity index (χ4n) is 2.05. The van der Waals surface area contributed by atoms with Crippen molar-refractivity contribution in [2.24, 2.45) is 0 Å². The summed E-state index contributed by atoms with van der Waals surface area (Å²) >= 11 is 0. The Hall–Kier alpha value is -1.65. The van der Waals surface area contributed by atoms with E-state index in [2.05, 4.69) is 22.2 Å². The summed E-state index contributed by atoms with van der Waals surface area (Å²) in [5.41, 5.74) is 0.446. The molecule has 0 aromatic carbocycles. The van der Waals surface area contributed by atoms with Crippen molar-refractivity contribution in [3.05, 3.63) is 18.1 Å². The van der Waals surface area contributed by atoms with Crippen molar-refractivity contribution >= 4 is 11.7 Å². The Labute approximate surface area is 114 Å². The molecule has 0 atom stereocenters. The summed E-state index contributed by atoms with van der Waals surface area (Å²) in [5.74, 6) is 0.683. The van der Waals surface area contributed by atoms with E-state index in [0.717, 1.165) is 38.8 Å². The molecule has 0 unspecified atom stereocenters. The summed E-state index contributed by atoms with van der Waals surface area (Å²) in [6.07, 6.45) is 7.59. The highest BCUT2D eigenvalue weighted by Gasteiger charge is 2.33. The van der Waals surface area contributed by atoms with Crippen molar-refractivity contribution in [1.29, 1.82) is 0 Å². The molecule has 2 rings (SSSR count). The van der Waals surface area contributed by atoms with Crippen LogP contribution < -0.4 is 5.32 Å². The summed E-state index contributed by atoms with van der Waals surface area (Å²) in [6.45, 7) is 5.73. The van der Waals surface area contributed by atoms with E-state index in [-0.39, 0.29) is 5.91 Å². The normalized spacial score (nSPS) is 14.2. The van der Waals surface area contributed by atoms with Crippen LogP contribution in [0.15, 0.2) is 12.4 Å². The standard InChI is InChI=1S/C14H22N4O/c1-3-5-8-18(11-6-7-11)14(19)12-9-15-10-13(17-12)16-4-2/h9-11H,3-8H2,1-2H3,(H,16,17). The Morgan fingerprint density at radius 1 is 1.42 bits per heavy atom. The van der Waals surface area contributed by atoms with Gasteiger partial charge in [-0.3, -0.25) is 9.78 Å². The first-order valence-corrected chi connectivity index (χ1v) is 7.13. The molecule has 19 heavy (non-hydrogen) atoms. The predicted octanol–water partition coefficient (Wildman–Crippen LogP) is 2.31. The second-order valence-corrected chi connectivity index (χ2v) is 4.90. The molecule has 1 aromatic heterocycles. The largest absolute Gasteiger partial charge is 0.369 e. The minimum Gasteiger partial charge on any atom is -0.369 e. The Balaban J connectivity index is 2.09. The van der Waals surface area contributed by atoms with Crippen molar-refractivity contribution in [3.63, 3.8) is 0 Å². The highest BCUT2D eigenvalue weighted by atomic mass is 16.2. The minimum absolute atomic E-state index is 0.0169. The number of hydrogen-bond donors (Lipinski definition) is 1. The van der Waals surface area contributed by atoms with Crippen LogP contribution in [0.4, 0.5) is 5.82 Å². The molecule has 1 aliphatic carbocycles. The highest BCUT2D eigenvalue weighted by Crippen LogP contribution is 2.28. The molecule has 1 aliphatic rings. The fraction of sp³-hybridized carbons (Fsp3) is 0.643. The number of anilines is 1. The van der Waals surface area contributed by atoms with Crippen LogP contribution in [0.5, 0.6) is 0 Å². The number of carbonyl (C=O) groups is 1. The Morgan fingerprint density at radius 2 is 2.21 bits per heavy atom. The molecule has 1 N–H and O–H groups in total. The molecule has 5 heteroatoms. The van der Waals surface area contributed by atoms with Crippen molar-refractivity contribution in [3.8, 4) is 0 Å². The van der Waals surface area contributed by atoms with Gasteiger partial charge in [-0.05, 0) is 26.2 Å². The van der Waals surface area contributed by atoms with Crippen molar-refractivity contribution in [2.75, 3.05) is 18.4 Å². The Kier molecular flexibility index (Phi) is 4.71. The summed E-state index contributed by atoms with van der Waals surface area (Å²) in [4.78, 5) is 22.9. The van der Waals surface area contributed by atoms with Gasteiger partial charge in [0.2, 0.25) is 0 Å². The molecule has 0 aliphatic heterocycles. The zero-order chi connectivity index (χ0) is 13.7. The maximum atomic E-state index is 12.5. The number of nitrogens with zero attached hydrogens (tertiary/aromatic N) is 3. The first kappa shape index (κ1) is 13.8. The van der Waals surface area contributed by atoms with E-state index in [1.165, 1.54) is 0 Å². The Morgan fingerprint density at radius 3 is 2.84 bits per heavy atom. The van der Waals surface area contributed by atoms with Gasteiger partial charge in [-0.15, -0.1) is 0 Å². The topological polar surface area (TPSA) is 58.1 Å². The molecule has 0 bridgehead atoms. The molecule has 104 valence electrons. The number of rotatable bonds is 7. The minimum atomic E-state index is 0.0169. The number of hydrogen-bond acceptors (Lipinski definition) is 4. The lowest BCUT2D eigenvalue weighted by atomic mass is 10.3. The first-order valence-electron chi connectivity index (χ1n) is 7.13. The van der Waals surface area contributed by atoms with Gasteiger partial charge in [0.15, 0.2) is 0 Å². The molecule has 0 spiro atoms. The van der Waals surface area contributed by atoms with Gasteiger partial charge in [-0.1, -0.05) is 13.3 Å². The van der Waals surface area contributed by atoms with Crippen LogP contribution in [-0.4, -0.2) is 39.9 Å². The van der Waals surface area contributed by atoms with E-state index in [0.29, 0.717) is 17.6 Å².